The zero-order valence-corrected chi connectivity index (χ0v) is 22.3. The average Bonchev–Trinajstić information content (AvgIpc) is 3.73. The number of morpholine rings is 1. The summed E-state index contributed by atoms with van der Waals surface area (Å²) in [6.07, 6.45) is 3.49. The van der Waals surface area contributed by atoms with Crippen molar-refractivity contribution in [1.29, 1.82) is 0 Å². The minimum atomic E-state index is -0.459. The standard InChI is InChI=1S/C31H32N4O4/c1-3-38-30(36)31(15-16-31)26-13-11-24(12-14-26)23-7-9-25(10-8-23)29-28(22(2)33-39-29)35(27-6-4-5-17-32-27)34-18-20-37-21-19-34/h4-14,17H,3,15-16,18-21H2,1-2H3. The monoisotopic (exact) mass is 524 g/mol. The quantitative estimate of drug-likeness (QED) is 0.272. The van der Waals surface area contributed by atoms with Crippen LogP contribution in [0.1, 0.15) is 31.0 Å². The number of ether oxygens (including phenoxy) is 2. The van der Waals surface area contributed by atoms with Crippen molar-refractivity contribution >= 4 is 17.5 Å². The lowest BCUT2D eigenvalue weighted by molar-refractivity contribution is -0.146. The number of aromatic nitrogens is 2. The molecule has 4 aromatic rings. The topological polar surface area (TPSA) is 80.9 Å². The summed E-state index contributed by atoms with van der Waals surface area (Å²) in [5, 5.41) is 8.68. The minimum Gasteiger partial charge on any atom is -0.465 e. The largest absolute Gasteiger partial charge is 0.465 e. The number of rotatable bonds is 8. The Morgan fingerprint density at radius 2 is 1.64 bits per heavy atom. The molecule has 0 radical (unpaired) electrons. The van der Waals surface area contributed by atoms with Crippen LogP contribution in [0, 0.1) is 6.92 Å². The Labute approximate surface area is 228 Å². The average molecular weight is 525 g/mol. The third kappa shape index (κ3) is 4.82. The minimum absolute atomic E-state index is 0.114. The lowest BCUT2D eigenvalue weighted by atomic mass is 9.93. The molecule has 2 aliphatic rings. The molecular formula is C31H32N4O4. The summed E-state index contributed by atoms with van der Waals surface area (Å²) in [6.45, 7) is 7.00. The van der Waals surface area contributed by atoms with Gasteiger partial charge in [-0.3, -0.25) is 9.80 Å². The first kappa shape index (κ1) is 25.3. The summed E-state index contributed by atoms with van der Waals surface area (Å²) in [4.78, 5) is 17.1. The SMILES string of the molecule is CCOC(=O)C1(c2ccc(-c3ccc(-c4onc(C)c4N(c4ccccn4)N4CCOCC4)cc3)cc2)CC1. The van der Waals surface area contributed by atoms with E-state index in [0.717, 1.165) is 65.4 Å². The van der Waals surface area contributed by atoms with Gasteiger partial charge in [0.1, 0.15) is 17.2 Å². The maximum atomic E-state index is 12.5. The van der Waals surface area contributed by atoms with Gasteiger partial charge in [0.05, 0.1) is 25.2 Å². The number of anilines is 2. The molecule has 0 N–H and O–H groups in total. The van der Waals surface area contributed by atoms with Crippen LogP contribution >= 0.6 is 0 Å². The molecule has 0 bridgehead atoms. The van der Waals surface area contributed by atoms with E-state index in [1.165, 1.54) is 0 Å². The van der Waals surface area contributed by atoms with Crippen LogP contribution in [0.5, 0.6) is 0 Å². The zero-order valence-electron chi connectivity index (χ0n) is 22.3. The lowest BCUT2D eigenvalue weighted by Crippen LogP contribution is -2.47. The molecule has 2 fully saturated rings. The van der Waals surface area contributed by atoms with Gasteiger partial charge in [0.25, 0.3) is 0 Å². The van der Waals surface area contributed by atoms with E-state index in [-0.39, 0.29) is 5.97 Å². The summed E-state index contributed by atoms with van der Waals surface area (Å²) in [5.74, 6) is 1.38. The Hall–Kier alpha value is -4.01. The van der Waals surface area contributed by atoms with E-state index in [1.807, 2.05) is 32.0 Å². The van der Waals surface area contributed by atoms with Crippen molar-refractivity contribution in [2.24, 2.45) is 0 Å². The highest BCUT2D eigenvalue weighted by atomic mass is 16.5. The van der Waals surface area contributed by atoms with Crippen LogP contribution in [0.15, 0.2) is 77.4 Å². The molecule has 200 valence electrons. The summed E-state index contributed by atoms with van der Waals surface area (Å²) >= 11 is 0. The number of hydrogen-bond donors (Lipinski definition) is 0. The smallest absolute Gasteiger partial charge is 0.316 e. The van der Waals surface area contributed by atoms with E-state index < -0.39 is 5.41 Å². The summed E-state index contributed by atoms with van der Waals surface area (Å²) in [5.41, 5.74) is 5.33. The zero-order chi connectivity index (χ0) is 26.8. The van der Waals surface area contributed by atoms with E-state index in [2.05, 4.69) is 68.7 Å². The number of nitrogens with zero attached hydrogens (tertiary/aromatic N) is 4. The molecular weight excluding hydrogens is 492 g/mol. The second-order valence-corrected chi connectivity index (χ2v) is 9.97. The molecule has 0 amide bonds. The van der Waals surface area contributed by atoms with Crippen molar-refractivity contribution in [3.8, 4) is 22.5 Å². The fourth-order valence-corrected chi connectivity index (χ4v) is 5.24. The number of carbonyl (C=O) groups excluding carboxylic acids is 1. The highest BCUT2D eigenvalue weighted by Gasteiger charge is 2.52. The van der Waals surface area contributed by atoms with Crippen molar-refractivity contribution in [3.63, 3.8) is 0 Å². The Bertz CT molecular complexity index is 1420. The van der Waals surface area contributed by atoms with Crippen LogP contribution in [-0.2, 0) is 19.7 Å². The van der Waals surface area contributed by atoms with E-state index in [4.69, 9.17) is 14.0 Å². The maximum absolute atomic E-state index is 12.5. The number of hydrogen-bond acceptors (Lipinski definition) is 8. The highest BCUT2D eigenvalue weighted by Crippen LogP contribution is 2.49. The molecule has 1 aliphatic carbocycles. The van der Waals surface area contributed by atoms with E-state index >= 15 is 0 Å². The molecule has 1 aliphatic heterocycles. The number of esters is 1. The second kappa shape index (κ2) is 10.6. The molecule has 2 aromatic carbocycles. The van der Waals surface area contributed by atoms with Crippen molar-refractivity contribution in [2.75, 3.05) is 37.9 Å². The first-order valence-corrected chi connectivity index (χ1v) is 13.5. The normalized spacial score (nSPS) is 16.6. The van der Waals surface area contributed by atoms with Gasteiger partial charge in [-0.15, -0.1) is 0 Å². The third-order valence-corrected chi connectivity index (χ3v) is 7.51. The molecule has 0 unspecified atom stereocenters. The molecule has 1 saturated carbocycles. The first-order valence-electron chi connectivity index (χ1n) is 13.5. The summed E-state index contributed by atoms with van der Waals surface area (Å²) < 4.78 is 16.8. The van der Waals surface area contributed by atoms with Gasteiger partial charge >= 0.3 is 5.97 Å². The summed E-state index contributed by atoms with van der Waals surface area (Å²) in [7, 11) is 0. The van der Waals surface area contributed by atoms with Gasteiger partial charge in [-0.1, -0.05) is 59.8 Å². The van der Waals surface area contributed by atoms with Gasteiger partial charge in [-0.25, -0.2) is 9.99 Å². The van der Waals surface area contributed by atoms with Gasteiger partial charge in [-0.05, 0) is 55.5 Å². The van der Waals surface area contributed by atoms with Crippen molar-refractivity contribution in [3.05, 3.63) is 84.2 Å². The third-order valence-electron chi connectivity index (χ3n) is 7.51. The van der Waals surface area contributed by atoms with Crippen LogP contribution in [0.4, 0.5) is 11.5 Å². The van der Waals surface area contributed by atoms with Crippen LogP contribution < -0.4 is 5.01 Å². The van der Waals surface area contributed by atoms with Gasteiger partial charge < -0.3 is 14.0 Å². The molecule has 8 heteroatoms. The first-order chi connectivity index (χ1) is 19.1. The van der Waals surface area contributed by atoms with Crippen LogP contribution in [0.25, 0.3) is 22.5 Å². The number of carbonyl (C=O) groups is 1. The molecule has 1 saturated heterocycles. The highest BCUT2D eigenvalue weighted by molar-refractivity contribution is 5.87. The lowest BCUT2D eigenvalue weighted by Gasteiger charge is -2.37. The Balaban J connectivity index is 1.29. The Morgan fingerprint density at radius 1 is 0.974 bits per heavy atom. The van der Waals surface area contributed by atoms with E-state index in [1.54, 1.807) is 6.20 Å². The van der Waals surface area contributed by atoms with E-state index in [9.17, 15) is 4.79 Å². The van der Waals surface area contributed by atoms with Crippen LogP contribution in [0.2, 0.25) is 0 Å². The van der Waals surface area contributed by atoms with Crippen LogP contribution in [0.3, 0.4) is 0 Å². The predicted molar refractivity (Wildman–Crippen MR) is 148 cm³/mol. The molecule has 6 rings (SSSR count). The van der Waals surface area contributed by atoms with Gasteiger partial charge in [0.2, 0.25) is 0 Å². The van der Waals surface area contributed by atoms with Crippen molar-refractivity contribution < 1.29 is 18.8 Å². The molecule has 0 atom stereocenters. The second-order valence-electron chi connectivity index (χ2n) is 9.97. The van der Waals surface area contributed by atoms with Crippen molar-refractivity contribution in [2.45, 2.75) is 32.1 Å². The Kier molecular flexibility index (Phi) is 6.89. The van der Waals surface area contributed by atoms with Crippen LogP contribution in [-0.4, -0.2) is 54.0 Å². The van der Waals surface area contributed by atoms with Crippen molar-refractivity contribution in [1.82, 2.24) is 15.1 Å². The van der Waals surface area contributed by atoms with Gasteiger partial charge in [0, 0.05) is 24.8 Å². The molecule has 3 heterocycles. The molecule has 39 heavy (non-hydrogen) atoms. The number of benzene rings is 2. The predicted octanol–water partition coefficient (Wildman–Crippen LogP) is 5.69. The van der Waals surface area contributed by atoms with E-state index in [0.29, 0.717) is 25.6 Å². The molecule has 2 aromatic heterocycles. The number of aryl methyl sites for hydroxylation is 1. The fraction of sp³-hybridized carbons (Fsp3) is 0.323. The number of pyridine rings is 1. The van der Waals surface area contributed by atoms with Gasteiger partial charge in [-0.2, -0.15) is 0 Å². The Morgan fingerprint density at radius 3 is 2.26 bits per heavy atom. The molecule has 8 nitrogen and oxygen atoms in total. The van der Waals surface area contributed by atoms with Gasteiger partial charge in [0.15, 0.2) is 5.76 Å². The fourth-order valence-electron chi connectivity index (χ4n) is 5.24. The number of hydrazine groups is 1. The maximum Gasteiger partial charge on any atom is 0.316 e. The molecule has 0 spiro atoms. The summed E-state index contributed by atoms with van der Waals surface area (Å²) in [6, 6.07) is 22.4.